The summed E-state index contributed by atoms with van der Waals surface area (Å²) in [5.41, 5.74) is 3.60. The summed E-state index contributed by atoms with van der Waals surface area (Å²) >= 11 is 0. The van der Waals surface area contributed by atoms with Gasteiger partial charge in [-0.3, -0.25) is 9.69 Å². The van der Waals surface area contributed by atoms with Crippen LogP contribution in [-0.4, -0.2) is 49.6 Å². The fourth-order valence-electron chi connectivity index (χ4n) is 5.62. The lowest BCUT2D eigenvalue weighted by Gasteiger charge is -2.31. The van der Waals surface area contributed by atoms with Gasteiger partial charge in [-0.1, -0.05) is 37.6 Å². The number of aryl methyl sites for hydroxylation is 1. The number of aromatic amines is 1. The summed E-state index contributed by atoms with van der Waals surface area (Å²) in [4.78, 5) is 18.7. The molecule has 0 aliphatic carbocycles. The second-order valence-corrected chi connectivity index (χ2v) is 10.4. The van der Waals surface area contributed by atoms with E-state index in [-0.39, 0.29) is 24.5 Å². The molecule has 2 aliphatic rings. The van der Waals surface area contributed by atoms with Gasteiger partial charge >= 0.3 is 0 Å². The van der Waals surface area contributed by atoms with Crippen molar-refractivity contribution >= 4 is 10.9 Å². The lowest BCUT2D eigenvalue weighted by atomic mass is 10.0. The molecule has 0 radical (unpaired) electrons. The van der Waals surface area contributed by atoms with Crippen LogP contribution in [-0.2, 0) is 24.4 Å². The number of hydrogen-bond donors (Lipinski definition) is 1. The molecule has 0 bridgehead atoms. The Kier molecular flexibility index (Phi) is 7.30. The van der Waals surface area contributed by atoms with E-state index in [1.54, 1.807) is 0 Å². The summed E-state index contributed by atoms with van der Waals surface area (Å²) in [5.74, 6) is 2.28. The van der Waals surface area contributed by atoms with Gasteiger partial charge in [0.05, 0.1) is 24.2 Å². The summed E-state index contributed by atoms with van der Waals surface area (Å²) in [6, 6.07) is 14.0. The number of fused-ring (bicyclic) bond motifs is 2. The summed E-state index contributed by atoms with van der Waals surface area (Å²) in [6.45, 7) is 6.81. The van der Waals surface area contributed by atoms with Crippen molar-refractivity contribution < 1.29 is 14.2 Å². The summed E-state index contributed by atoms with van der Waals surface area (Å²) < 4.78 is 18.9. The standard InChI is InChI=1S/C29H34N6O4/c1-3-6-24(28-31-32-33-35(28)17-23-9-5-12-37-23)34(15-20-10-11-25-26(13-20)39-18-38-25)16-22-14-21-8-4-7-19(2)27(21)30-29(22)36/h4,7-8,10-11,13-14,23-24H,3,5-6,9,12,15-18H2,1-2H3,(H,30,36)/t23-,24+/m0/s1. The first-order valence-corrected chi connectivity index (χ1v) is 13.7. The number of aromatic nitrogens is 5. The number of ether oxygens (including phenoxy) is 3. The van der Waals surface area contributed by atoms with E-state index in [1.165, 1.54) is 0 Å². The van der Waals surface area contributed by atoms with Crippen molar-refractivity contribution in [1.82, 2.24) is 30.1 Å². The van der Waals surface area contributed by atoms with E-state index in [1.807, 2.05) is 54.1 Å². The minimum Gasteiger partial charge on any atom is -0.454 e. The van der Waals surface area contributed by atoms with E-state index in [0.717, 1.165) is 71.6 Å². The predicted molar refractivity (Wildman–Crippen MR) is 146 cm³/mol. The zero-order chi connectivity index (χ0) is 26.8. The average molecular weight is 531 g/mol. The molecule has 4 aromatic rings. The third kappa shape index (κ3) is 5.39. The van der Waals surface area contributed by atoms with E-state index < -0.39 is 0 Å². The van der Waals surface area contributed by atoms with E-state index in [4.69, 9.17) is 14.2 Å². The van der Waals surface area contributed by atoms with Gasteiger partial charge in [0.25, 0.3) is 5.56 Å². The Labute approximate surface area is 226 Å². The molecule has 2 aliphatic heterocycles. The Morgan fingerprint density at radius 2 is 2.05 bits per heavy atom. The van der Waals surface area contributed by atoms with Gasteiger partial charge in [-0.05, 0) is 71.3 Å². The number of benzene rings is 2. The van der Waals surface area contributed by atoms with Crippen LogP contribution in [0.2, 0.25) is 0 Å². The fraction of sp³-hybridized carbons (Fsp3) is 0.448. The van der Waals surface area contributed by atoms with Gasteiger partial charge in [-0.25, -0.2) is 4.68 Å². The zero-order valence-electron chi connectivity index (χ0n) is 22.4. The molecule has 1 fully saturated rings. The molecule has 2 atom stereocenters. The van der Waals surface area contributed by atoms with Crippen LogP contribution in [0.5, 0.6) is 11.5 Å². The number of tetrazole rings is 1. The summed E-state index contributed by atoms with van der Waals surface area (Å²) in [7, 11) is 0. The third-order valence-electron chi connectivity index (χ3n) is 7.62. The maximum atomic E-state index is 13.3. The third-order valence-corrected chi connectivity index (χ3v) is 7.62. The minimum atomic E-state index is -0.107. The van der Waals surface area contributed by atoms with Gasteiger partial charge in [0.15, 0.2) is 17.3 Å². The van der Waals surface area contributed by atoms with Crippen molar-refractivity contribution in [2.75, 3.05) is 13.4 Å². The van der Waals surface area contributed by atoms with Crippen LogP contribution in [0.4, 0.5) is 0 Å². The summed E-state index contributed by atoms with van der Waals surface area (Å²) in [5, 5.41) is 13.9. The summed E-state index contributed by atoms with van der Waals surface area (Å²) in [6.07, 6.45) is 3.94. The number of nitrogens with zero attached hydrogens (tertiary/aromatic N) is 5. The molecular formula is C29H34N6O4. The molecule has 4 heterocycles. The van der Waals surface area contributed by atoms with Crippen LogP contribution in [0.1, 0.15) is 61.2 Å². The molecule has 0 spiro atoms. The van der Waals surface area contributed by atoms with E-state index >= 15 is 0 Å². The molecule has 204 valence electrons. The van der Waals surface area contributed by atoms with E-state index in [0.29, 0.717) is 25.2 Å². The molecule has 10 nitrogen and oxygen atoms in total. The molecule has 2 aromatic carbocycles. The van der Waals surface area contributed by atoms with Crippen LogP contribution in [0, 0.1) is 6.92 Å². The van der Waals surface area contributed by atoms with Gasteiger partial charge in [0, 0.05) is 25.3 Å². The highest BCUT2D eigenvalue weighted by molar-refractivity contribution is 5.81. The number of hydrogen-bond acceptors (Lipinski definition) is 8. The Bertz CT molecular complexity index is 1510. The van der Waals surface area contributed by atoms with Crippen molar-refractivity contribution in [2.45, 2.75) is 71.3 Å². The van der Waals surface area contributed by atoms with Crippen molar-refractivity contribution in [2.24, 2.45) is 0 Å². The molecule has 2 aromatic heterocycles. The minimum absolute atomic E-state index is 0.0818. The van der Waals surface area contributed by atoms with Gasteiger partial charge in [-0.15, -0.1) is 5.10 Å². The van der Waals surface area contributed by atoms with Crippen molar-refractivity contribution in [3.05, 3.63) is 75.3 Å². The first-order chi connectivity index (χ1) is 19.1. The molecule has 1 N–H and O–H groups in total. The molecule has 10 heteroatoms. The lowest BCUT2D eigenvalue weighted by molar-refractivity contribution is 0.0885. The van der Waals surface area contributed by atoms with Gasteiger partial charge in [0.2, 0.25) is 6.79 Å². The van der Waals surface area contributed by atoms with E-state index in [2.05, 4.69) is 32.3 Å². The Morgan fingerprint density at radius 3 is 2.90 bits per heavy atom. The van der Waals surface area contributed by atoms with Gasteiger partial charge < -0.3 is 19.2 Å². The predicted octanol–water partition coefficient (Wildman–Crippen LogP) is 4.27. The quantitative estimate of drug-likeness (QED) is 0.324. The Balaban J connectivity index is 1.37. The van der Waals surface area contributed by atoms with Crippen LogP contribution < -0.4 is 15.0 Å². The van der Waals surface area contributed by atoms with Crippen molar-refractivity contribution in [1.29, 1.82) is 0 Å². The molecule has 0 saturated carbocycles. The van der Waals surface area contributed by atoms with Crippen LogP contribution in [0.3, 0.4) is 0 Å². The molecule has 0 unspecified atom stereocenters. The lowest BCUT2D eigenvalue weighted by Crippen LogP contribution is -2.33. The zero-order valence-corrected chi connectivity index (χ0v) is 22.4. The van der Waals surface area contributed by atoms with Gasteiger partial charge in [0.1, 0.15) is 0 Å². The average Bonchev–Trinajstić information content (AvgIpc) is 3.71. The number of para-hydroxylation sites is 1. The molecule has 6 rings (SSSR count). The SMILES string of the molecule is CCC[C@H](c1nnnn1C[C@@H]1CCCO1)N(Cc1ccc2c(c1)OCO2)Cc1cc2cccc(C)c2[nH]c1=O. The Hall–Kier alpha value is -3.76. The number of rotatable bonds is 10. The first-order valence-electron chi connectivity index (χ1n) is 13.7. The van der Waals surface area contributed by atoms with Crippen LogP contribution >= 0.6 is 0 Å². The van der Waals surface area contributed by atoms with Crippen molar-refractivity contribution in [3.8, 4) is 11.5 Å². The molecular weight excluding hydrogens is 496 g/mol. The van der Waals surface area contributed by atoms with E-state index in [9.17, 15) is 4.79 Å². The number of pyridine rings is 1. The second-order valence-electron chi connectivity index (χ2n) is 10.4. The van der Waals surface area contributed by atoms with Crippen LogP contribution in [0.25, 0.3) is 10.9 Å². The number of nitrogens with one attached hydrogen (secondary N) is 1. The first kappa shape index (κ1) is 25.5. The highest BCUT2D eigenvalue weighted by Crippen LogP contribution is 2.35. The topological polar surface area (TPSA) is 107 Å². The van der Waals surface area contributed by atoms with Gasteiger partial charge in [-0.2, -0.15) is 0 Å². The fourth-order valence-corrected chi connectivity index (χ4v) is 5.62. The highest BCUT2D eigenvalue weighted by atomic mass is 16.7. The maximum Gasteiger partial charge on any atom is 0.252 e. The van der Waals surface area contributed by atoms with Crippen molar-refractivity contribution in [3.63, 3.8) is 0 Å². The molecule has 1 saturated heterocycles. The smallest absolute Gasteiger partial charge is 0.252 e. The largest absolute Gasteiger partial charge is 0.454 e. The normalized spacial score (nSPS) is 17.4. The molecule has 39 heavy (non-hydrogen) atoms. The second kappa shape index (κ2) is 11.2. The molecule has 0 amide bonds. The van der Waals surface area contributed by atoms with Crippen LogP contribution in [0.15, 0.2) is 47.3 Å². The number of H-pyrrole nitrogens is 1. The maximum absolute atomic E-state index is 13.3. The Morgan fingerprint density at radius 1 is 1.15 bits per heavy atom. The highest BCUT2D eigenvalue weighted by Gasteiger charge is 2.29. The monoisotopic (exact) mass is 530 g/mol.